The summed E-state index contributed by atoms with van der Waals surface area (Å²) in [5, 5.41) is 11.3. The number of alkyl halides is 1. The maximum Gasteiger partial charge on any atom is 0.123 e. The Kier molecular flexibility index (Phi) is 2.97. The Balaban J connectivity index is 2.67. The first-order valence-corrected chi connectivity index (χ1v) is 5.35. The zero-order valence-corrected chi connectivity index (χ0v) is 9.28. The largest absolute Gasteiger partial charge is 0.507 e. The van der Waals surface area contributed by atoms with Gasteiger partial charge in [0.1, 0.15) is 11.6 Å². The van der Waals surface area contributed by atoms with Gasteiger partial charge in [-0.1, -0.05) is 24.3 Å². The predicted molar refractivity (Wildman–Crippen MR) is 67.6 cm³/mol. The van der Waals surface area contributed by atoms with Crippen LogP contribution in [-0.2, 0) is 0 Å². The Morgan fingerprint density at radius 1 is 1.19 bits per heavy atom. The van der Waals surface area contributed by atoms with E-state index in [0.29, 0.717) is 11.5 Å². The van der Waals surface area contributed by atoms with E-state index in [-0.39, 0.29) is 11.6 Å². The van der Waals surface area contributed by atoms with Crippen molar-refractivity contribution in [2.24, 2.45) is 10.7 Å². The van der Waals surface area contributed by atoms with Crippen molar-refractivity contribution in [2.75, 3.05) is 5.88 Å². The van der Waals surface area contributed by atoms with Gasteiger partial charge in [-0.05, 0) is 12.1 Å². The van der Waals surface area contributed by atoms with Crippen LogP contribution >= 0.6 is 11.6 Å². The minimum Gasteiger partial charge on any atom is -0.507 e. The van der Waals surface area contributed by atoms with Crippen molar-refractivity contribution in [2.45, 2.75) is 0 Å². The summed E-state index contributed by atoms with van der Waals surface area (Å²) in [6.45, 7) is 0. The van der Waals surface area contributed by atoms with E-state index in [1.807, 2.05) is 24.3 Å². The number of hydrogen-bond acceptors (Lipinski definition) is 2. The smallest absolute Gasteiger partial charge is 0.123 e. The molecule has 0 atom stereocenters. The number of amidine groups is 1. The first-order chi connectivity index (χ1) is 7.72. The lowest BCUT2D eigenvalue weighted by molar-refractivity contribution is 0.481. The summed E-state index contributed by atoms with van der Waals surface area (Å²) in [6.07, 6.45) is 0. The summed E-state index contributed by atoms with van der Waals surface area (Å²) in [5.41, 5.74) is 6.30. The summed E-state index contributed by atoms with van der Waals surface area (Å²) < 4.78 is 0. The minimum absolute atomic E-state index is 0.190. The number of phenols is 1. The van der Waals surface area contributed by atoms with Crippen LogP contribution in [0.5, 0.6) is 5.75 Å². The molecule has 0 bridgehead atoms. The number of halogens is 1. The van der Waals surface area contributed by atoms with Crippen molar-refractivity contribution in [1.82, 2.24) is 0 Å². The standard InChI is InChI=1S/C12H11ClN2O/c13-7-12(14)15-10-5-1-4-9-8(10)3-2-6-11(9)16/h1-6,16H,7H2,(H2,14,15). The van der Waals surface area contributed by atoms with Gasteiger partial charge in [-0.3, -0.25) is 0 Å². The van der Waals surface area contributed by atoms with Gasteiger partial charge in [-0.25, -0.2) is 4.99 Å². The number of rotatable bonds is 2. The highest BCUT2D eigenvalue weighted by Crippen LogP contribution is 2.31. The first-order valence-electron chi connectivity index (χ1n) is 4.82. The van der Waals surface area contributed by atoms with Gasteiger partial charge >= 0.3 is 0 Å². The van der Waals surface area contributed by atoms with Crippen molar-refractivity contribution in [3.63, 3.8) is 0 Å². The minimum atomic E-state index is 0.190. The summed E-state index contributed by atoms with van der Waals surface area (Å²) in [6, 6.07) is 10.8. The zero-order chi connectivity index (χ0) is 11.5. The molecule has 2 rings (SSSR count). The van der Waals surface area contributed by atoms with E-state index < -0.39 is 0 Å². The molecule has 4 heteroatoms. The molecule has 0 aliphatic rings. The van der Waals surface area contributed by atoms with E-state index in [1.54, 1.807) is 12.1 Å². The van der Waals surface area contributed by atoms with Crippen LogP contribution in [0.25, 0.3) is 10.8 Å². The molecule has 0 saturated heterocycles. The summed E-state index contributed by atoms with van der Waals surface area (Å²) >= 11 is 5.58. The van der Waals surface area contributed by atoms with Gasteiger partial charge in [0.15, 0.2) is 0 Å². The maximum absolute atomic E-state index is 9.68. The third-order valence-electron chi connectivity index (χ3n) is 2.28. The van der Waals surface area contributed by atoms with Crippen LogP contribution in [0.3, 0.4) is 0 Å². The number of nitrogens with two attached hydrogens (primary N) is 1. The summed E-state index contributed by atoms with van der Waals surface area (Å²) in [4.78, 5) is 4.20. The van der Waals surface area contributed by atoms with Crippen molar-refractivity contribution in [3.8, 4) is 5.75 Å². The van der Waals surface area contributed by atoms with Crippen LogP contribution in [0.4, 0.5) is 5.69 Å². The number of aliphatic imine (C=N–C) groups is 1. The number of phenolic OH excluding ortho intramolecular Hbond substituents is 1. The molecule has 0 spiro atoms. The van der Waals surface area contributed by atoms with Gasteiger partial charge < -0.3 is 10.8 Å². The lowest BCUT2D eigenvalue weighted by Gasteiger charge is -2.04. The molecule has 0 aliphatic carbocycles. The van der Waals surface area contributed by atoms with Crippen molar-refractivity contribution >= 4 is 33.9 Å². The molecule has 3 N–H and O–H groups in total. The molecule has 0 amide bonds. The van der Waals surface area contributed by atoms with E-state index in [2.05, 4.69) is 4.99 Å². The van der Waals surface area contributed by atoms with Crippen LogP contribution in [0.15, 0.2) is 41.4 Å². The fourth-order valence-corrected chi connectivity index (χ4v) is 1.62. The van der Waals surface area contributed by atoms with E-state index in [4.69, 9.17) is 17.3 Å². The van der Waals surface area contributed by atoms with E-state index in [1.165, 1.54) is 0 Å². The lowest BCUT2D eigenvalue weighted by Crippen LogP contribution is -2.12. The zero-order valence-electron chi connectivity index (χ0n) is 8.52. The van der Waals surface area contributed by atoms with E-state index in [9.17, 15) is 5.11 Å². The monoisotopic (exact) mass is 234 g/mol. The Morgan fingerprint density at radius 3 is 2.62 bits per heavy atom. The second-order valence-electron chi connectivity index (χ2n) is 3.39. The SMILES string of the molecule is NC(CCl)=Nc1cccc2c(O)cccc12. The van der Waals surface area contributed by atoms with Crippen LogP contribution in [0.1, 0.15) is 0 Å². The molecule has 2 aromatic rings. The predicted octanol–water partition coefficient (Wildman–Crippen LogP) is 2.77. The highest BCUT2D eigenvalue weighted by atomic mass is 35.5. The van der Waals surface area contributed by atoms with E-state index >= 15 is 0 Å². The van der Waals surface area contributed by atoms with Crippen LogP contribution < -0.4 is 5.73 Å². The summed E-state index contributed by atoms with van der Waals surface area (Å²) in [5.74, 6) is 0.784. The molecule has 0 aromatic heterocycles. The fourth-order valence-electron chi connectivity index (χ4n) is 1.56. The van der Waals surface area contributed by atoms with Gasteiger partial charge in [-0.2, -0.15) is 0 Å². The normalized spacial score (nSPS) is 11.9. The quantitative estimate of drug-likeness (QED) is 0.477. The second kappa shape index (κ2) is 4.41. The van der Waals surface area contributed by atoms with Gasteiger partial charge in [0.05, 0.1) is 11.6 Å². The maximum atomic E-state index is 9.68. The van der Waals surface area contributed by atoms with E-state index in [0.717, 1.165) is 10.8 Å². The fraction of sp³-hybridized carbons (Fsp3) is 0.0833. The molecule has 16 heavy (non-hydrogen) atoms. The molecule has 82 valence electrons. The van der Waals surface area contributed by atoms with Crippen molar-refractivity contribution in [1.29, 1.82) is 0 Å². The van der Waals surface area contributed by atoms with Gasteiger partial charge in [0.2, 0.25) is 0 Å². The molecule has 2 aromatic carbocycles. The molecule has 0 radical (unpaired) electrons. The van der Waals surface area contributed by atoms with Crippen molar-refractivity contribution < 1.29 is 5.11 Å². The molecule has 0 aliphatic heterocycles. The molecule has 0 unspecified atom stereocenters. The lowest BCUT2D eigenvalue weighted by atomic mass is 10.1. The number of aromatic hydroxyl groups is 1. The van der Waals surface area contributed by atoms with Crippen LogP contribution in [0.2, 0.25) is 0 Å². The average Bonchev–Trinajstić information content (AvgIpc) is 2.30. The molecule has 3 nitrogen and oxygen atoms in total. The van der Waals surface area contributed by atoms with Crippen molar-refractivity contribution in [3.05, 3.63) is 36.4 Å². The van der Waals surface area contributed by atoms with Gasteiger partial charge in [0, 0.05) is 10.8 Å². The molecular formula is C12H11ClN2O. The molecule has 0 saturated carbocycles. The third-order valence-corrected chi connectivity index (χ3v) is 2.55. The van der Waals surface area contributed by atoms with Crippen LogP contribution in [-0.4, -0.2) is 16.8 Å². The molecular weight excluding hydrogens is 224 g/mol. The van der Waals surface area contributed by atoms with Crippen LogP contribution in [0, 0.1) is 0 Å². The summed E-state index contributed by atoms with van der Waals surface area (Å²) in [7, 11) is 0. The van der Waals surface area contributed by atoms with Gasteiger partial charge in [0.25, 0.3) is 0 Å². The average molecular weight is 235 g/mol. The van der Waals surface area contributed by atoms with Gasteiger partial charge in [-0.15, -0.1) is 11.6 Å². The third kappa shape index (κ3) is 1.95. The number of hydrogen-bond donors (Lipinski definition) is 2. The highest BCUT2D eigenvalue weighted by Gasteiger charge is 2.03. The number of nitrogens with zero attached hydrogens (tertiary/aromatic N) is 1. The Morgan fingerprint density at radius 2 is 1.88 bits per heavy atom. The second-order valence-corrected chi connectivity index (χ2v) is 3.65. The molecule has 0 heterocycles. The Labute approximate surface area is 98.2 Å². The highest BCUT2D eigenvalue weighted by molar-refractivity contribution is 6.28. The number of fused-ring (bicyclic) bond motifs is 1. The Bertz CT molecular complexity index is 552. The topological polar surface area (TPSA) is 58.6 Å². The Hall–Kier alpha value is -1.74. The molecule has 0 fully saturated rings. The number of benzene rings is 2. The first kappa shape index (κ1) is 10.8.